The summed E-state index contributed by atoms with van der Waals surface area (Å²) >= 11 is 0. The van der Waals surface area contributed by atoms with Gasteiger partial charge in [-0.15, -0.1) is 12.4 Å². The average Bonchev–Trinajstić information content (AvgIpc) is 2.49. The maximum atomic E-state index is 11.8. The Bertz CT molecular complexity index is 485. The van der Waals surface area contributed by atoms with Crippen LogP contribution in [0.3, 0.4) is 0 Å². The van der Waals surface area contributed by atoms with Crippen molar-refractivity contribution in [1.29, 1.82) is 0 Å². The number of hydrogen-bond donors (Lipinski definition) is 2. The topological polar surface area (TPSA) is 107 Å². The van der Waals surface area contributed by atoms with Gasteiger partial charge in [0.25, 0.3) is 5.91 Å². The van der Waals surface area contributed by atoms with E-state index in [0.717, 1.165) is 19.3 Å². The van der Waals surface area contributed by atoms with E-state index in [-0.39, 0.29) is 42.4 Å². The van der Waals surface area contributed by atoms with Gasteiger partial charge in [-0.3, -0.25) is 14.9 Å². The Morgan fingerprint density at radius 2 is 2.14 bits per heavy atom. The number of para-hydroxylation sites is 2. The van der Waals surface area contributed by atoms with Crippen LogP contribution in [-0.2, 0) is 4.79 Å². The highest BCUT2D eigenvalue weighted by atomic mass is 35.5. The zero-order chi connectivity index (χ0) is 15.7. The molecule has 1 rings (SSSR count). The van der Waals surface area contributed by atoms with Crippen LogP contribution in [-0.4, -0.2) is 30.0 Å². The first-order valence-electron chi connectivity index (χ1n) is 6.94. The molecule has 3 N–H and O–H groups in total. The van der Waals surface area contributed by atoms with E-state index in [1.54, 1.807) is 12.1 Å². The zero-order valence-corrected chi connectivity index (χ0v) is 13.3. The lowest BCUT2D eigenvalue weighted by Crippen LogP contribution is -2.42. The molecule has 0 aliphatic heterocycles. The molecule has 1 unspecified atom stereocenters. The zero-order valence-electron chi connectivity index (χ0n) is 12.5. The van der Waals surface area contributed by atoms with Gasteiger partial charge in [0.05, 0.1) is 4.92 Å². The lowest BCUT2D eigenvalue weighted by atomic mass is 10.1. The van der Waals surface area contributed by atoms with E-state index in [4.69, 9.17) is 10.5 Å². The number of amides is 1. The Morgan fingerprint density at radius 1 is 1.45 bits per heavy atom. The Hall–Kier alpha value is -1.86. The molecule has 1 aromatic rings. The van der Waals surface area contributed by atoms with Crippen molar-refractivity contribution in [1.82, 2.24) is 5.32 Å². The fraction of sp³-hybridized carbons (Fsp3) is 0.500. The number of halogens is 1. The van der Waals surface area contributed by atoms with E-state index in [9.17, 15) is 14.9 Å². The number of rotatable bonds is 9. The predicted octanol–water partition coefficient (Wildman–Crippen LogP) is 2.03. The van der Waals surface area contributed by atoms with Gasteiger partial charge in [0.2, 0.25) is 0 Å². The molecule has 0 saturated heterocycles. The van der Waals surface area contributed by atoms with Crippen molar-refractivity contribution in [3.63, 3.8) is 0 Å². The second-order valence-electron chi connectivity index (χ2n) is 4.66. The minimum Gasteiger partial charge on any atom is -0.477 e. The maximum Gasteiger partial charge on any atom is 0.310 e. The molecule has 1 atom stereocenters. The van der Waals surface area contributed by atoms with Crippen LogP contribution in [0.4, 0.5) is 5.69 Å². The highest BCUT2D eigenvalue weighted by Crippen LogP contribution is 2.25. The first-order valence-corrected chi connectivity index (χ1v) is 6.94. The summed E-state index contributed by atoms with van der Waals surface area (Å²) in [5.41, 5.74) is 5.43. The molecular formula is C14H22ClN3O4. The number of unbranched alkanes of at least 4 members (excludes halogenated alkanes) is 1. The van der Waals surface area contributed by atoms with Crippen LogP contribution in [0, 0.1) is 10.1 Å². The van der Waals surface area contributed by atoms with Crippen molar-refractivity contribution >= 4 is 24.0 Å². The van der Waals surface area contributed by atoms with Crippen molar-refractivity contribution in [2.45, 2.75) is 32.2 Å². The minimum absolute atomic E-state index is 0. The molecule has 1 amide bonds. The molecule has 8 heteroatoms. The number of nitrogens with one attached hydrogen (secondary N) is 1. The van der Waals surface area contributed by atoms with Crippen LogP contribution in [0.15, 0.2) is 24.3 Å². The number of nitro benzene ring substituents is 1. The highest BCUT2D eigenvalue weighted by Gasteiger charge is 2.16. The fourth-order valence-corrected chi connectivity index (χ4v) is 1.84. The van der Waals surface area contributed by atoms with E-state index in [1.807, 2.05) is 0 Å². The number of nitrogens with zero attached hydrogens (tertiary/aromatic N) is 1. The molecule has 0 heterocycles. The van der Waals surface area contributed by atoms with Crippen LogP contribution in [0.25, 0.3) is 0 Å². The minimum atomic E-state index is -0.544. The molecule has 0 spiro atoms. The molecule has 1 aromatic carbocycles. The summed E-state index contributed by atoms with van der Waals surface area (Å²) in [5, 5.41) is 13.6. The van der Waals surface area contributed by atoms with E-state index >= 15 is 0 Å². The van der Waals surface area contributed by atoms with E-state index < -0.39 is 4.92 Å². The van der Waals surface area contributed by atoms with Crippen LogP contribution < -0.4 is 15.8 Å². The van der Waals surface area contributed by atoms with E-state index in [1.165, 1.54) is 12.1 Å². The Labute approximate surface area is 135 Å². The van der Waals surface area contributed by atoms with Crippen molar-refractivity contribution < 1.29 is 14.5 Å². The number of benzene rings is 1. The molecule has 0 aliphatic rings. The molecule has 0 aliphatic carbocycles. The lowest BCUT2D eigenvalue weighted by molar-refractivity contribution is -0.385. The van der Waals surface area contributed by atoms with Gasteiger partial charge in [-0.05, 0) is 12.5 Å². The van der Waals surface area contributed by atoms with Crippen LogP contribution in [0.2, 0.25) is 0 Å². The van der Waals surface area contributed by atoms with E-state index in [0.29, 0.717) is 6.54 Å². The lowest BCUT2D eigenvalue weighted by Gasteiger charge is -2.16. The predicted molar refractivity (Wildman–Crippen MR) is 86.3 cm³/mol. The summed E-state index contributed by atoms with van der Waals surface area (Å²) in [7, 11) is 0. The Kier molecular flexibility index (Phi) is 9.89. The van der Waals surface area contributed by atoms with Gasteiger partial charge in [0.15, 0.2) is 12.4 Å². The summed E-state index contributed by atoms with van der Waals surface area (Å²) < 4.78 is 5.22. The molecular weight excluding hydrogens is 310 g/mol. The van der Waals surface area contributed by atoms with Crippen LogP contribution >= 0.6 is 12.4 Å². The van der Waals surface area contributed by atoms with Crippen molar-refractivity contribution in [2.75, 3.05) is 13.2 Å². The molecule has 7 nitrogen and oxygen atoms in total. The van der Waals surface area contributed by atoms with Crippen molar-refractivity contribution in [3.05, 3.63) is 34.4 Å². The molecule has 0 bridgehead atoms. The Balaban J connectivity index is 0.00000441. The standard InChI is InChI=1S/C14H21N3O4.ClH/c1-2-3-6-11(9-15)16-14(18)10-21-13-8-5-4-7-12(13)17(19)20;/h4-5,7-8,11H,2-3,6,9-10,15H2,1H3,(H,16,18);1H. The quantitative estimate of drug-likeness (QED) is 0.531. The first kappa shape index (κ1) is 20.1. The Morgan fingerprint density at radius 3 is 2.73 bits per heavy atom. The smallest absolute Gasteiger partial charge is 0.310 e. The van der Waals surface area contributed by atoms with Crippen LogP contribution in [0.5, 0.6) is 5.75 Å². The number of carbonyl (C=O) groups is 1. The maximum absolute atomic E-state index is 11.8. The number of nitro groups is 1. The number of ether oxygens (including phenoxy) is 1. The number of hydrogen-bond acceptors (Lipinski definition) is 5. The van der Waals surface area contributed by atoms with Crippen LogP contribution in [0.1, 0.15) is 26.2 Å². The third kappa shape index (κ3) is 6.73. The van der Waals surface area contributed by atoms with Gasteiger partial charge in [0.1, 0.15) is 0 Å². The van der Waals surface area contributed by atoms with Gasteiger partial charge >= 0.3 is 5.69 Å². The molecule has 0 radical (unpaired) electrons. The van der Waals surface area contributed by atoms with Crippen molar-refractivity contribution in [2.24, 2.45) is 5.73 Å². The van der Waals surface area contributed by atoms with Gasteiger partial charge < -0.3 is 15.8 Å². The largest absolute Gasteiger partial charge is 0.477 e. The third-order valence-electron chi connectivity index (χ3n) is 2.98. The second kappa shape index (κ2) is 10.8. The summed E-state index contributed by atoms with van der Waals surface area (Å²) in [6.07, 6.45) is 2.82. The molecule has 22 heavy (non-hydrogen) atoms. The second-order valence-corrected chi connectivity index (χ2v) is 4.66. The van der Waals surface area contributed by atoms with Crippen molar-refractivity contribution in [3.8, 4) is 5.75 Å². The summed E-state index contributed by atoms with van der Waals surface area (Å²) in [4.78, 5) is 22.0. The summed E-state index contributed by atoms with van der Waals surface area (Å²) in [5.74, 6) is -0.254. The van der Waals surface area contributed by atoms with Gasteiger partial charge in [0, 0.05) is 18.7 Å². The van der Waals surface area contributed by atoms with E-state index in [2.05, 4.69) is 12.2 Å². The monoisotopic (exact) mass is 331 g/mol. The fourth-order valence-electron chi connectivity index (χ4n) is 1.84. The van der Waals surface area contributed by atoms with Gasteiger partial charge in [-0.1, -0.05) is 31.9 Å². The molecule has 124 valence electrons. The summed E-state index contributed by atoms with van der Waals surface area (Å²) in [6.45, 7) is 2.15. The summed E-state index contributed by atoms with van der Waals surface area (Å²) in [6, 6.07) is 5.86. The number of nitrogens with two attached hydrogens (primary N) is 1. The first-order chi connectivity index (χ1) is 10.1. The normalized spacial score (nSPS) is 11.2. The third-order valence-corrected chi connectivity index (χ3v) is 2.98. The number of carbonyl (C=O) groups excluding carboxylic acids is 1. The highest BCUT2D eigenvalue weighted by molar-refractivity contribution is 5.85. The van der Waals surface area contributed by atoms with Gasteiger partial charge in [-0.25, -0.2) is 0 Å². The molecule has 0 saturated carbocycles. The average molecular weight is 332 g/mol. The SMILES string of the molecule is CCCCC(CN)NC(=O)COc1ccccc1[N+](=O)[O-].Cl. The molecule has 0 fully saturated rings. The van der Waals surface area contributed by atoms with Gasteiger partial charge in [-0.2, -0.15) is 0 Å². The molecule has 0 aromatic heterocycles.